The quantitative estimate of drug-likeness (QED) is 0.843. The van der Waals surface area contributed by atoms with Gasteiger partial charge in [-0.2, -0.15) is 0 Å². The molecular weight excluding hydrogens is 240 g/mol. The molecule has 0 aliphatic carbocycles. The highest BCUT2D eigenvalue weighted by Crippen LogP contribution is 2.13. The molecular formula is C11H16N2O3S. The lowest BCUT2D eigenvalue weighted by atomic mass is 10.3. The normalized spacial score (nSPS) is 10.3. The van der Waals surface area contributed by atoms with Crippen LogP contribution in [0, 0.1) is 0 Å². The smallest absolute Gasteiger partial charge is 0.323 e. The monoisotopic (exact) mass is 256 g/mol. The van der Waals surface area contributed by atoms with Crippen molar-refractivity contribution in [2.75, 3.05) is 6.54 Å². The van der Waals surface area contributed by atoms with Gasteiger partial charge >= 0.3 is 12.0 Å². The zero-order valence-corrected chi connectivity index (χ0v) is 10.7. The summed E-state index contributed by atoms with van der Waals surface area (Å²) in [6.07, 6.45) is 0. The van der Waals surface area contributed by atoms with Crippen molar-refractivity contribution >= 4 is 23.3 Å². The number of carbonyl (C=O) groups is 2. The van der Waals surface area contributed by atoms with Crippen LogP contribution in [-0.4, -0.2) is 34.6 Å². The molecule has 0 fully saturated rings. The summed E-state index contributed by atoms with van der Waals surface area (Å²) in [4.78, 5) is 24.8. The molecule has 0 atom stereocenters. The Balaban J connectivity index is 2.59. The Bertz CT molecular complexity index is 376. The van der Waals surface area contributed by atoms with Crippen molar-refractivity contribution < 1.29 is 14.7 Å². The van der Waals surface area contributed by atoms with E-state index in [1.54, 1.807) is 16.2 Å². The molecule has 0 bridgehead atoms. The molecule has 1 aromatic heterocycles. The fraction of sp³-hybridized carbons (Fsp3) is 0.455. The number of rotatable bonds is 5. The summed E-state index contributed by atoms with van der Waals surface area (Å²) in [6, 6.07) is 3.54. The van der Waals surface area contributed by atoms with E-state index in [0.29, 0.717) is 6.54 Å². The standard InChI is InChI=1S/C11H16N2O3S/c1-8(2)13(7-9-4-3-5-17-9)11(16)12-6-10(14)15/h3-5,8H,6-7H2,1-2H3,(H,12,16)(H,14,15). The number of hydrogen-bond donors (Lipinski definition) is 2. The molecule has 1 heterocycles. The Morgan fingerprint density at radius 2 is 2.24 bits per heavy atom. The Kier molecular flexibility index (Phi) is 4.96. The molecule has 17 heavy (non-hydrogen) atoms. The average molecular weight is 256 g/mol. The molecule has 0 aliphatic heterocycles. The highest BCUT2D eigenvalue weighted by Gasteiger charge is 2.17. The van der Waals surface area contributed by atoms with Crippen LogP contribution in [-0.2, 0) is 11.3 Å². The van der Waals surface area contributed by atoms with Crippen molar-refractivity contribution in [3.63, 3.8) is 0 Å². The summed E-state index contributed by atoms with van der Waals surface area (Å²) in [7, 11) is 0. The molecule has 0 aromatic carbocycles. The van der Waals surface area contributed by atoms with Gasteiger partial charge in [-0.15, -0.1) is 11.3 Å². The molecule has 1 rings (SSSR count). The second-order valence-corrected chi connectivity index (χ2v) is 4.89. The Labute approximate surface area is 104 Å². The molecule has 0 saturated carbocycles. The van der Waals surface area contributed by atoms with Gasteiger partial charge in [-0.05, 0) is 25.3 Å². The van der Waals surface area contributed by atoms with Crippen molar-refractivity contribution in [2.24, 2.45) is 0 Å². The Hall–Kier alpha value is -1.56. The summed E-state index contributed by atoms with van der Waals surface area (Å²) in [5.74, 6) is -1.04. The van der Waals surface area contributed by atoms with E-state index in [2.05, 4.69) is 5.32 Å². The minimum Gasteiger partial charge on any atom is -0.480 e. The van der Waals surface area contributed by atoms with Crippen LogP contribution in [0.5, 0.6) is 0 Å². The third-order valence-electron chi connectivity index (χ3n) is 2.18. The first-order valence-electron chi connectivity index (χ1n) is 5.29. The molecule has 2 amide bonds. The van der Waals surface area contributed by atoms with E-state index >= 15 is 0 Å². The lowest BCUT2D eigenvalue weighted by Crippen LogP contribution is -2.44. The van der Waals surface area contributed by atoms with Crippen LogP contribution in [0.2, 0.25) is 0 Å². The van der Waals surface area contributed by atoms with Crippen LogP contribution < -0.4 is 5.32 Å². The SMILES string of the molecule is CC(C)N(Cc1cccs1)C(=O)NCC(=O)O. The van der Waals surface area contributed by atoms with Gasteiger partial charge in [0.15, 0.2) is 0 Å². The second kappa shape index (κ2) is 6.24. The van der Waals surface area contributed by atoms with E-state index in [1.807, 2.05) is 31.4 Å². The number of nitrogens with zero attached hydrogens (tertiary/aromatic N) is 1. The summed E-state index contributed by atoms with van der Waals surface area (Å²) >= 11 is 1.57. The lowest BCUT2D eigenvalue weighted by Gasteiger charge is -2.26. The van der Waals surface area contributed by atoms with Crippen LogP contribution in [0.4, 0.5) is 4.79 Å². The Morgan fingerprint density at radius 1 is 1.53 bits per heavy atom. The first-order chi connectivity index (χ1) is 8.00. The topological polar surface area (TPSA) is 69.6 Å². The van der Waals surface area contributed by atoms with Gasteiger partial charge in [0, 0.05) is 10.9 Å². The van der Waals surface area contributed by atoms with E-state index in [4.69, 9.17) is 5.11 Å². The van der Waals surface area contributed by atoms with Crippen LogP contribution in [0.15, 0.2) is 17.5 Å². The summed E-state index contributed by atoms with van der Waals surface area (Å²) in [6.45, 7) is 3.94. The van der Waals surface area contributed by atoms with E-state index in [9.17, 15) is 9.59 Å². The van der Waals surface area contributed by atoms with E-state index in [-0.39, 0.29) is 18.6 Å². The second-order valence-electron chi connectivity index (χ2n) is 3.85. The largest absolute Gasteiger partial charge is 0.480 e. The number of carboxylic acid groups (broad SMARTS) is 1. The van der Waals surface area contributed by atoms with Gasteiger partial charge in [0.05, 0.1) is 6.54 Å². The predicted molar refractivity (Wildman–Crippen MR) is 66.0 cm³/mol. The molecule has 94 valence electrons. The zero-order chi connectivity index (χ0) is 12.8. The van der Waals surface area contributed by atoms with Gasteiger partial charge in [-0.1, -0.05) is 6.07 Å². The minimum absolute atomic E-state index is 0.0193. The van der Waals surface area contributed by atoms with Crippen molar-refractivity contribution in [3.8, 4) is 0 Å². The molecule has 0 unspecified atom stereocenters. The lowest BCUT2D eigenvalue weighted by molar-refractivity contribution is -0.135. The van der Waals surface area contributed by atoms with Crippen molar-refractivity contribution in [1.29, 1.82) is 0 Å². The van der Waals surface area contributed by atoms with Crippen LogP contribution in [0.1, 0.15) is 18.7 Å². The number of nitrogens with one attached hydrogen (secondary N) is 1. The van der Waals surface area contributed by atoms with Crippen molar-refractivity contribution in [3.05, 3.63) is 22.4 Å². The molecule has 2 N–H and O–H groups in total. The fourth-order valence-corrected chi connectivity index (χ4v) is 2.01. The van der Waals surface area contributed by atoms with Gasteiger partial charge in [0.2, 0.25) is 0 Å². The molecule has 0 spiro atoms. The third-order valence-corrected chi connectivity index (χ3v) is 3.04. The number of hydrogen-bond acceptors (Lipinski definition) is 3. The van der Waals surface area contributed by atoms with E-state index in [1.165, 1.54) is 0 Å². The number of carbonyl (C=O) groups excluding carboxylic acids is 1. The summed E-state index contributed by atoms with van der Waals surface area (Å²) < 4.78 is 0. The van der Waals surface area contributed by atoms with E-state index < -0.39 is 5.97 Å². The zero-order valence-electron chi connectivity index (χ0n) is 9.84. The first-order valence-corrected chi connectivity index (χ1v) is 6.17. The number of thiophene rings is 1. The fourth-order valence-electron chi connectivity index (χ4n) is 1.31. The minimum atomic E-state index is -1.04. The Morgan fingerprint density at radius 3 is 2.71 bits per heavy atom. The van der Waals surface area contributed by atoms with Gasteiger partial charge in [-0.3, -0.25) is 4.79 Å². The van der Waals surface area contributed by atoms with Crippen LogP contribution in [0.25, 0.3) is 0 Å². The maximum Gasteiger partial charge on any atom is 0.323 e. The molecule has 5 nitrogen and oxygen atoms in total. The number of urea groups is 1. The number of carboxylic acids is 1. The van der Waals surface area contributed by atoms with Crippen molar-refractivity contribution in [1.82, 2.24) is 10.2 Å². The van der Waals surface area contributed by atoms with Crippen molar-refractivity contribution in [2.45, 2.75) is 26.4 Å². The van der Waals surface area contributed by atoms with Gasteiger partial charge in [0.25, 0.3) is 0 Å². The van der Waals surface area contributed by atoms with Crippen LogP contribution in [0.3, 0.4) is 0 Å². The average Bonchev–Trinajstić information content (AvgIpc) is 2.74. The molecule has 0 aliphatic rings. The highest BCUT2D eigenvalue weighted by atomic mass is 32.1. The molecule has 1 aromatic rings. The van der Waals surface area contributed by atoms with E-state index in [0.717, 1.165) is 4.88 Å². The van der Waals surface area contributed by atoms with Gasteiger partial charge < -0.3 is 15.3 Å². The van der Waals surface area contributed by atoms with Gasteiger partial charge in [0.1, 0.15) is 6.54 Å². The van der Waals surface area contributed by atoms with Crippen LogP contribution >= 0.6 is 11.3 Å². The summed E-state index contributed by atoms with van der Waals surface area (Å²) in [5.41, 5.74) is 0. The molecule has 6 heteroatoms. The number of aliphatic carboxylic acids is 1. The number of amides is 2. The highest BCUT2D eigenvalue weighted by molar-refractivity contribution is 7.09. The maximum absolute atomic E-state index is 11.8. The maximum atomic E-state index is 11.8. The predicted octanol–water partition coefficient (Wildman–Crippen LogP) is 1.75. The molecule has 0 radical (unpaired) electrons. The van der Waals surface area contributed by atoms with Gasteiger partial charge in [-0.25, -0.2) is 4.79 Å². The summed E-state index contributed by atoms with van der Waals surface area (Å²) in [5, 5.41) is 12.8. The molecule has 0 saturated heterocycles. The first kappa shape index (κ1) is 13.5. The third kappa shape index (κ3) is 4.44.